The van der Waals surface area contributed by atoms with Gasteiger partial charge in [-0.25, -0.2) is 0 Å². The van der Waals surface area contributed by atoms with Crippen molar-refractivity contribution >= 4 is 11.9 Å². The minimum Gasteiger partial charge on any atom is -0.481 e. The van der Waals surface area contributed by atoms with Gasteiger partial charge in [-0.3, -0.25) is 9.59 Å². The van der Waals surface area contributed by atoms with Crippen molar-refractivity contribution in [1.82, 2.24) is 5.32 Å². The van der Waals surface area contributed by atoms with Crippen LogP contribution < -0.4 is 5.32 Å². The average molecular weight is 223 g/mol. The summed E-state index contributed by atoms with van der Waals surface area (Å²) in [5.74, 6) is 0.322. The highest BCUT2D eigenvalue weighted by molar-refractivity contribution is 5.91. The molecule has 0 aliphatic heterocycles. The van der Waals surface area contributed by atoms with Crippen molar-refractivity contribution in [3.63, 3.8) is 0 Å². The second-order valence-corrected chi connectivity index (χ2v) is 4.93. The van der Waals surface area contributed by atoms with Crippen LogP contribution in [0.15, 0.2) is 0 Å². The Balaban J connectivity index is 2.58. The summed E-state index contributed by atoms with van der Waals surface area (Å²) in [6.07, 6.45) is 5.59. The third-order valence-electron chi connectivity index (χ3n) is 3.19. The lowest BCUT2D eigenvalue weighted by Gasteiger charge is -2.11. The van der Waals surface area contributed by atoms with Crippen LogP contribution in [0.2, 0.25) is 0 Å². The number of carbonyl (C=O) groups excluding carboxylic acids is 1. The molecule has 0 radical (unpaired) electrons. The zero-order chi connectivity index (χ0) is 12.5. The number of terminal acetylenes is 1. The van der Waals surface area contributed by atoms with Crippen LogP contribution in [-0.4, -0.2) is 23.0 Å². The lowest BCUT2D eigenvalue weighted by Crippen LogP contribution is -2.34. The largest absolute Gasteiger partial charge is 0.481 e. The molecule has 1 saturated carbocycles. The topological polar surface area (TPSA) is 66.4 Å². The molecule has 4 nitrogen and oxygen atoms in total. The van der Waals surface area contributed by atoms with Crippen LogP contribution in [0.4, 0.5) is 0 Å². The molecule has 0 bridgehead atoms. The van der Waals surface area contributed by atoms with Crippen molar-refractivity contribution in [2.45, 2.75) is 33.2 Å². The molecule has 1 rings (SSSR count). The highest BCUT2D eigenvalue weighted by Gasteiger charge is 2.65. The lowest BCUT2D eigenvalue weighted by atomic mass is 10.1. The van der Waals surface area contributed by atoms with Gasteiger partial charge in [-0.1, -0.05) is 13.8 Å². The zero-order valence-corrected chi connectivity index (χ0v) is 9.78. The van der Waals surface area contributed by atoms with Crippen LogP contribution in [0.25, 0.3) is 0 Å². The number of aliphatic carboxylic acids is 1. The van der Waals surface area contributed by atoms with Crippen molar-refractivity contribution in [3.8, 4) is 12.3 Å². The van der Waals surface area contributed by atoms with E-state index < -0.39 is 23.2 Å². The summed E-state index contributed by atoms with van der Waals surface area (Å²) in [6, 6.07) is -0.108. The first-order chi connectivity index (χ1) is 7.32. The van der Waals surface area contributed by atoms with Crippen LogP contribution >= 0.6 is 0 Å². The Morgan fingerprint density at radius 1 is 1.50 bits per heavy atom. The van der Waals surface area contributed by atoms with E-state index in [0.717, 1.165) is 0 Å². The number of hydrogen-bond acceptors (Lipinski definition) is 2. The number of carboxylic acids is 1. The molecule has 0 saturated heterocycles. The Bertz CT molecular complexity index is 354. The summed E-state index contributed by atoms with van der Waals surface area (Å²) >= 11 is 0. The molecule has 0 aromatic carbocycles. The van der Waals surface area contributed by atoms with Crippen molar-refractivity contribution in [2.24, 2.45) is 17.3 Å². The molecule has 4 heteroatoms. The Hall–Kier alpha value is -1.50. The maximum Gasteiger partial charge on any atom is 0.307 e. The van der Waals surface area contributed by atoms with E-state index in [-0.39, 0.29) is 11.9 Å². The normalized spacial score (nSPS) is 27.6. The molecule has 16 heavy (non-hydrogen) atoms. The summed E-state index contributed by atoms with van der Waals surface area (Å²) in [5.41, 5.74) is -0.453. The second kappa shape index (κ2) is 4.17. The zero-order valence-electron chi connectivity index (χ0n) is 9.78. The van der Waals surface area contributed by atoms with E-state index in [1.54, 1.807) is 13.8 Å². The van der Waals surface area contributed by atoms with Gasteiger partial charge in [-0.2, -0.15) is 0 Å². The number of hydrogen-bond donors (Lipinski definition) is 2. The van der Waals surface area contributed by atoms with E-state index in [1.807, 2.05) is 6.92 Å². The average Bonchev–Trinajstić information content (AvgIpc) is 2.69. The maximum absolute atomic E-state index is 11.8. The lowest BCUT2D eigenvalue weighted by molar-refractivity contribution is -0.140. The fourth-order valence-corrected chi connectivity index (χ4v) is 2.15. The van der Waals surface area contributed by atoms with Gasteiger partial charge in [0.2, 0.25) is 5.91 Å². The van der Waals surface area contributed by atoms with Gasteiger partial charge in [0.1, 0.15) is 0 Å². The van der Waals surface area contributed by atoms with Crippen LogP contribution in [0, 0.1) is 29.6 Å². The van der Waals surface area contributed by atoms with Gasteiger partial charge in [0.25, 0.3) is 0 Å². The molecule has 2 N–H and O–H groups in total. The number of carbonyl (C=O) groups is 2. The molecular weight excluding hydrogens is 206 g/mol. The second-order valence-electron chi connectivity index (χ2n) is 4.93. The highest BCUT2D eigenvalue weighted by Crippen LogP contribution is 2.58. The van der Waals surface area contributed by atoms with Crippen molar-refractivity contribution < 1.29 is 14.7 Å². The molecule has 1 amide bonds. The quantitative estimate of drug-likeness (QED) is 0.695. The minimum atomic E-state index is -0.908. The molecule has 0 aromatic rings. The Morgan fingerprint density at radius 3 is 2.44 bits per heavy atom. The van der Waals surface area contributed by atoms with Gasteiger partial charge < -0.3 is 10.4 Å². The third kappa shape index (κ3) is 2.19. The minimum absolute atomic E-state index is 0.108. The van der Waals surface area contributed by atoms with E-state index >= 15 is 0 Å². The predicted molar refractivity (Wildman–Crippen MR) is 59.5 cm³/mol. The van der Waals surface area contributed by atoms with Crippen LogP contribution in [-0.2, 0) is 9.59 Å². The fourth-order valence-electron chi connectivity index (χ4n) is 2.15. The van der Waals surface area contributed by atoms with E-state index in [4.69, 9.17) is 11.5 Å². The van der Waals surface area contributed by atoms with E-state index in [1.165, 1.54) is 0 Å². The Kier molecular flexibility index (Phi) is 3.27. The number of carboxylic acid groups (broad SMARTS) is 1. The summed E-state index contributed by atoms with van der Waals surface area (Å²) in [4.78, 5) is 22.7. The van der Waals surface area contributed by atoms with Gasteiger partial charge in [0.05, 0.1) is 11.8 Å². The maximum atomic E-state index is 11.8. The Labute approximate surface area is 95.4 Å². The van der Waals surface area contributed by atoms with Gasteiger partial charge in [-0.15, -0.1) is 12.3 Å². The monoisotopic (exact) mass is 223 g/mol. The van der Waals surface area contributed by atoms with Crippen molar-refractivity contribution in [2.75, 3.05) is 0 Å². The molecule has 1 aliphatic carbocycles. The van der Waals surface area contributed by atoms with E-state index in [2.05, 4.69) is 11.2 Å². The van der Waals surface area contributed by atoms with Gasteiger partial charge in [0.15, 0.2) is 0 Å². The first kappa shape index (κ1) is 12.6. The molecular formula is C12H17NO3. The molecule has 88 valence electrons. The van der Waals surface area contributed by atoms with Crippen LogP contribution in [0.3, 0.4) is 0 Å². The van der Waals surface area contributed by atoms with Gasteiger partial charge in [0, 0.05) is 12.5 Å². The van der Waals surface area contributed by atoms with Gasteiger partial charge in [-0.05, 0) is 12.3 Å². The molecule has 0 heterocycles. The predicted octanol–water partition coefficient (Wildman–Crippen LogP) is 0.871. The van der Waals surface area contributed by atoms with Gasteiger partial charge >= 0.3 is 5.97 Å². The molecule has 3 atom stereocenters. The number of amides is 1. The fraction of sp³-hybridized carbons (Fsp3) is 0.667. The third-order valence-corrected chi connectivity index (χ3v) is 3.19. The SMILES string of the molecule is C#CCC(C)NC(=O)C1C(C(=O)O)C1(C)C. The molecule has 3 unspecified atom stereocenters. The number of rotatable bonds is 4. The first-order valence-electron chi connectivity index (χ1n) is 5.29. The molecule has 0 spiro atoms. The standard InChI is InChI=1S/C12H17NO3/c1-5-6-7(2)13-10(14)8-9(11(15)16)12(8,3)4/h1,7-9H,6H2,2-4H3,(H,13,14)(H,15,16). The first-order valence-corrected chi connectivity index (χ1v) is 5.29. The summed E-state index contributed by atoms with van der Waals surface area (Å²) in [7, 11) is 0. The van der Waals surface area contributed by atoms with E-state index in [0.29, 0.717) is 6.42 Å². The van der Waals surface area contributed by atoms with Crippen LogP contribution in [0.5, 0.6) is 0 Å². The summed E-state index contributed by atoms with van der Waals surface area (Å²) < 4.78 is 0. The van der Waals surface area contributed by atoms with Crippen molar-refractivity contribution in [3.05, 3.63) is 0 Å². The van der Waals surface area contributed by atoms with E-state index in [9.17, 15) is 9.59 Å². The molecule has 1 aliphatic rings. The Morgan fingerprint density at radius 2 is 2.06 bits per heavy atom. The molecule has 1 fully saturated rings. The van der Waals surface area contributed by atoms with Crippen LogP contribution in [0.1, 0.15) is 27.2 Å². The molecule has 0 aromatic heterocycles. The smallest absolute Gasteiger partial charge is 0.307 e. The number of nitrogens with one attached hydrogen (secondary N) is 1. The highest BCUT2D eigenvalue weighted by atomic mass is 16.4. The van der Waals surface area contributed by atoms with Crippen molar-refractivity contribution in [1.29, 1.82) is 0 Å². The summed E-state index contributed by atoms with van der Waals surface area (Å²) in [6.45, 7) is 5.40. The summed E-state index contributed by atoms with van der Waals surface area (Å²) in [5, 5.41) is 11.7.